The van der Waals surface area contributed by atoms with Gasteiger partial charge in [-0.1, -0.05) is 40.5 Å². The van der Waals surface area contributed by atoms with Crippen LogP contribution in [0.4, 0.5) is 10.8 Å². The van der Waals surface area contributed by atoms with E-state index in [0.29, 0.717) is 12.3 Å². The summed E-state index contributed by atoms with van der Waals surface area (Å²) in [5.74, 6) is 2.30. The van der Waals surface area contributed by atoms with Gasteiger partial charge in [-0.3, -0.25) is 9.69 Å². The second kappa shape index (κ2) is 8.51. The van der Waals surface area contributed by atoms with Gasteiger partial charge in [0, 0.05) is 21.8 Å². The average Bonchev–Trinajstić information content (AvgIpc) is 3.45. The SMILES string of the molecule is Cc1cc(C)cc(N(C(=O)C[C@@H]2C[C@@H]3CC[C@@H]2C3)c2nc(-c3ccc(Br)cc3)cs2)c1. The topological polar surface area (TPSA) is 33.2 Å². The number of thiazole rings is 1. The molecule has 160 valence electrons. The first-order valence-electron chi connectivity index (χ1n) is 11.1. The van der Waals surface area contributed by atoms with Crippen LogP contribution in [0, 0.1) is 31.6 Å². The molecule has 5 heteroatoms. The van der Waals surface area contributed by atoms with Gasteiger partial charge in [-0.15, -0.1) is 11.3 Å². The van der Waals surface area contributed by atoms with Crippen molar-refractivity contribution in [2.75, 3.05) is 4.90 Å². The average molecular weight is 495 g/mol. The maximum Gasteiger partial charge on any atom is 0.233 e. The lowest BCUT2D eigenvalue weighted by Gasteiger charge is -2.26. The van der Waals surface area contributed by atoms with Crippen molar-refractivity contribution in [2.24, 2.45) is 17.8 Å². The third kappa shape index (κ3) is 4.35. The molecule has 2 aliphatic carbocycles. The molecule has 31 heavy (non-hydrogen) atoms. The fourth-order valence-electron chi connectivity index (χ4n) is 5.50. The van der Waals surface area contributed by atoms with Gasteiger partial charge in [0.2, 0.25) is 5.91 Å². The Morgan fingerprint density at radius 1 is 1.10 bits per heavy atom. The smallest absolute Gasteiger partial charge is 0.233 e. The van der Waals surface area contributed by atoms with Gasteiger partial charge in [-0.2, -0.15) is 0 Å². The molecule has 0 radical (unpaired) electrons. The molecule has 0 saturated heterocycles. The van der Waals surface area contributed by atoms with Crippen LogP contribution in [0.3, 0.4) is 0 Å². The van der Waals surface area contributed by atoms with Gasteiger partial charge >= 0.3 is 0 Å². The van der Waals surface area contributed by atoms with E-state index in [2.05, 4.69) is 65.5 Å². The van der Waals surface area contributed by atoms with E-state index >= 15 is 0 Å². The van der Waals surface area contributed by atoms with Gasteiger partial charge in [-0.25, -0.2) is 4.98 Å². The van der Waals surface area contributed by atoms with Crippen LogP contribution >= 0.6 is 27.3 Å². The molecule has 0 N–H and O–H groups in total. The minimum absolute atomic E-state index is 0.180. The van der Waals surface area contributed by atoms with E-state index in [4.69, 9.17) is 4.98 Å². The number of hydrogen-bond donors (Lipinski definition) is 0. The summed E-state index contributed by atoms with van der Waals surface area (Å²) >= 11 is 5.04. The van der Waals surface area contributed by atoms with Crippen molar-refractivity contribution in [3.05, 3.63) is 63.4 Å². The molecule has 2 aromatic carbocycles. The summed E-state index contributed by atoms with van der Waals surface area (Å²) in [6.45, 7) is 4.17. The second-order valence-corrected chi connectivity index (χ2v) is 11.0. The first-order valence-corrected chi connectivity index (χ1v) is 12.8. The van der Waals surface area contributed by atoms with Gasteiger partial charge in [0.05, 0.1) is 11.4 Å². The molecule has 3 nitrogen and oxygen atoms in total. The maximum atomic E-state index is 13.7. The molecule has 1 heterocycles. The number of anilines is 2. The summed E-state index contributed by atoms with van der Waals surface area (Å²) in [7, 11) is 0. The lowest BCUT2D eigenvalue weighted by molar-refractivity contribution is -0.119. The summed E-state index contributed by atoms with van der Waals surface area (Å²) in [6, 6.07) is 14.5. The van der Waals surface area contributed by atoms with Crippen LogP contribution < -0.4 is 4.90 Å². The number of amides is 1. The summed E-state index contributed by atoms with van der Waals surface area (Å²) in [4.78, 5) is 20.4. The lowest BCUT2D eigenvalue weighted by Crippen LogP contribution is -2.29. The van der Waals surface area contributed by atoms with Crippen LogP contribution in [-0.2, 0) is 4.79 Å². The van der Waals surface area contributed by atoms with E-state index in [-0.39, 0.29) is 5.91 Å². The molecule has 2 bridgehead atoms. The number of fused-ring (bicyclic) bond motifs is 2. The summed E-state index contributed by atoms with van der Waals surface area (Å²) in [5.41, 5.74) is 5.23. The number of aromatic nitrogens is 1. The molecule has 2 saturated carbocycles. The minimum atomic E-state index is 0.180. The number of aryl methyl sites for hydroxylation is 2. The lowest BCUT2D eigenvalue weighted by atomic mass is 9.86. The maximum absolute atomic E-state index is 13.7. The highest BCUT2D eigenvalue weighted by atomic mass is 79.9. The highest BCUT2D eigenvalue weighted by Gasteiger charge is 2.41. The first kappa shape index (κ1) is 20.9. The number of halogens is 1. The van der Waals surface area contributed by atoms with Crippen molar-refractivity contribution in [2.45, 2.75) is 46.0 Å². The van der Waals surface area contributed by atoms with Gasteiger partial charge in [0.15, 0.2) is 5.13 Å². The summed E-state index contributed by atoms with van der Waals surface area (Å²) in [5, 5.41) is 2.81. The van der Waals surface area contributed by atoms with Crippen LogP contribution in [-0.4, -0.2) is 10.9 Å². The highest BCUT2D eigenvalue weighted by Crippen LogP contribution is 2.50. The fraction of sp³-hybridized carbons (Fsp3) is 0.385. The highest BCUT2D eigenvalue weighted by molar-refractivity contribution is 9.10. The third-order valence-electron chi connectivity index (χ3n) is 6.86. The second-order valence-electron chi connectivity index (χ2n) is 9.24. The zero-order valence-electron chi connectivity index (χ0n) is 18.0. The van der Waals surface area contributed by atoms with Crippen molar-refractivity contribution in [1.29, 1.82) is 0 Å². The Morgan fingerprint density at radius 3 is 2.48 bits per heavy atom. The molecule has 2 fully saturated rings. The zero-order valence-corrected chi connectivity index (χ0v) is 20.4. The molecule has 0 unspecified atom stereocenters. The number of benzene rings is 2. The molecular formula is C26H27BrN2OS. The Balaban J connectivity index is 1.48. The molecule has 0 aliphatic heterocycles. The molecule has 3 aromatic rings. The van der Waals surface area contributed by atoms with Crippen molar-refractivity contribution >= 4 is 44.0 Å². The first-order chi connectivity index (χ1) is 15.0. The number of rotatable bonds is 5. The van der Waals surface area contributed by atoms with E-state index in [1.54, 1.807) is 11.3 Å². The quantitative estimate of drug-likeness (QED) is 0.364. The molecule has 1 aromatic heterocycles. The normalized spacial score (nSPS) is 22.1. The number of carbonyl (C=O) groups is 1. The Morgan fingerprint density at radius 2 is 1.84 bits per heavy atom. The van der Waals surface area contributed by atoms with E-state index in [1.807, 2.05) is 17.0 Å². The van der Waals surface area contributed by atoms with Crippen LogP contribution in [0.5, 0.6) is 0 Å². The molecule has 3 atom stereocenters. The van der Waals surface area contributed by atoms with Gasteiger partial charge in [-0.05, 0) is 86.3 Å². The standard InChI is InChI=1S/C26H27BrN2OS/c1-16-9-17(2)11-23(10-16)29(25(30)14-21-13-18-3-4-20(21)12-18)26-28-24(15-31-26)19-5-7-22(27)8-6-19/h5-11,15,18,20-21H,3-4,12-14H2,1-2H3/t18-,20-,21+/m1/s1. The zero-order chi connectivity index (χ0) is 21.5. The molecule has 0 spiro atoms. The van der Waals surface area contributed by atoms with E-state index in [1.165, 1.54) is 25.7 Å². The van der Waals surface area contributed by atoms with Gasteiger partial charge in [0.1, 0.15) is 0 Å². The Kier molecular flexibility index (Phi) is 5.74. The molecular weight excluding hydrogens is 468 g/mol. The van der Waals surface area contributed by atoms with E-state index in [9.17, 15) is 4.79 Å². The third-order valence-corrected chi connectivity index (χ3v) is 8.21. The van der Waals surface area contributed by atoms with E-state index in [0.717, 1.165) is 49.5 Å². The van der Waals surface area contributed by atoms with Crippen molar-refractivity contribution < 1.29 is 4.79 Å². The van der Waals surface area contributed by atoms with Crippen molar-refractivity contribution in [3.63, 3.8) is 0 Å². The molecule has 5 rings (SSSR count). The number of carbonyl (C=O) groups excluding carboxylic acids is 1. The summed E-state index contributed by atoms with van der Waals surface area (Å²) < 4.78 is 1.05. The van der Waals surface area contributed by atoms with Gasteiger partial charge < -0.3 is 0 Å². The van der Waals surface area contributed by atoms with Crippen molar-refractivity contribution in [1.82, 2.24) is 4.98 Å². The van der Waals surface area contributed by atoms with Crippen molar-refractivity contribution in [3.8, 4) is 11.3 Å². The Hall–Kier alpha value is -1.98. The Bertz CT molecular complexity index is 1090. The van der Waals surface area contributed by atoms with Gasteiger partial charge in [0.25, 0.3) is 0 Å². The van der Waals surface area contributed by atoms with Crippen LogP contribution in [0.2, 0.25) is 0 Å². The molecule has 1 amide bonds. The predicted octanol–water partition coefficient (Wildman–Crippen LogP) is 7.68. The minimum Gasteiger partial charge on any atom is -0.274 e. The van der Waals surface area contributed by atoms with Crippen LogP contribution in [0.25, 0.3) is 11.3 Å². The van der Waals surface area contributed by atoms with Crippen LogP contribution in [0.1, 0.15) is 43.2 Å². The van der Waals surface area contributed by atoms with E-state index < -0.39 is 0 Å². The summed E-state index contributed by atoms with van der Waals surface area (Å²) in [6.07, 6.45) is 5.84. The molecule has 2 aliphatic rings. The Labute approximate surface area is 196 Å². The monoisotopic (exact) mass is 494 g/mol. The fourth-order valence-corrected chi connectivity index (χ4v) is 6.64. The predicted molar refractivity (Wildman–Crippen MR) is 132 cm³/mol. The number of nitrogens with zero attached hydrogens (tertiary/aromatic N) is 2. The number of hydrogen-bond acceptors (Lipinski definition) is 3. The largest absolute Gasteiger partial charge is 0.274 e. The van der Waals surface area contributed by atoms with Crippen LogP contribution in [0.15, 0.2) is 52.3 Å².